The van der Waals surface area contributed by atoms with E-state index < -0.39 is 0 Å². The largest absolute Gasteiger partial charge is 0.491 e. The van der Waals surface area contributed by atoms with Crippen molar-refractivity contribution in [3.8, 4) is 5.75 Å². The van der Waals surface area contributed by atoms with Crippen LogP contribution in [0.3, 0.4) is 0 Å². The van der Waals surface area contributed by atoms with Crippen LogP contribution in [0.5, 0.6) is 5.75 Å². The Bertz CT molecular complexity index is 302. The highest BCUT2D eigenvalue weighted by Gasteiger charge is 2.01. The number of nitrogens with one attached hydrogen (secondary N) is 1. The molecular formula is C13H21NO2. The fraction of sp³-hybridized carbons (Fsp3) is 0.538. The second kappa shape index (κ2) is 7.25. The highest BCUT2D eigenvalue weighted by atomic mass is 16.5. The van der Waals surface area contributed by atoms with Crippen LogP contribution in [0, 0.1) is 0 Å². The van der Waals surface area contributed by atoms with E-state index in [-0.39, 0.29) is 12.7 Å². The van der Waals surface area contributed by atoms with Crippen LogP contribution >= 0.6 is 0 Å². The Balaban J connectivity index is 2.50. The molecule has 0 saturated heterocycles. The van der Waals surface area contributed by atoms with Gasteiger partial charge in [0, 0.05) is 13.1 Å². The van der Waals surface area contributed by atoms with Gasteiger partial charge in [-0.2, -0.15) is 0 Å². The molecule has 1 atom stereocenters. The molecule has 0 saturated carbocycles. The van der Waals surface area contributed by atoms with Crippen molar-refractivity contribution in [1.82, 2.24) is 5.32 Å². The van der Waals surface area contributed by atoms with Crippen LogP contribution in [-0.4, -0.2) is 24.4 Å². The first-order valence-corrected chi connectivity index (χ1v) is 5.83. The summed E-state index contributed by atoms with van der Waals surface area (Å²) in [6.07, 6.45) is 1.26. The summed E-state index contributed by atoms with van der Waals surface area (Å²) in [4.78, 5) is 0. The van der Waals surface area contributed by atoms with Gasteiger partial charge in [-0.15, -0.1) is 0 Å². The van der Waals surface area contributed by atoms with E-state index in [0.717, 1.165) is 18.7 Å². The van der Waals surface area contributed by atoms with E-state index in [1.54, 1.807) is 0 Å². The third-order valence-electron chi connectivity index (χ3n) is 2.43. The Hall–Kier alpha value is -1.06. The maximum absolute atomic E-state index is 8.66. The summed E-state index contributed by atoms with van der Waals surface area (Å²) in [6, 6.07) is 8.06. The first-order chi connectivity index (χ1) is 7.76. The summed E-state index contributed by atoms with van der Waals surface area (Å²) >= 11 is 0. The lowest BCUT2D eigenvalue weighted by Gasteiger charge is -2.13. The van der Waals surface area contributed by atoms with Gasteiger partial charge < -0.3 is 15.2 Å². The molecule has 16 heavy (non-hydrogen) atoms. The number of hydrogen-bond donors (Lipinski definition) is 2. The van der Waals surface area contributed by atoms with Gasteiger partial charge in [0.05, 0.1) is 12.7 Å². The van der Waals surface area contributed by atoms with Crippen LogP contribution in [0.4, 0.5) is 0 Å². The molecule has 90 valence electrons. The van der Waals surface area contributed by atoms with Gasteiger partial charge in [-0.3, -0.25) is 0 Å². The third-order valence-corrected chi connectivity index (χ3v) is 2.43. The standard InChI is InChI=1S/C13H21NO2/c1-3-11(2)16-13-6-4-5-12(9-13)10-14-7-8-15/h4-6,9,11,14-15H,3,7-8,10H2,1-2H3. The maximum atomic E-state index is 8.66. The molecule has 0 fully saturated rings. The zero-order chi connectivity index (χ0) is 11.8. The van der Waals surface area contributed by atoms with Crippen LogP contribution in [0.2, 0.25) is 0 Å². The predicted octanol–water partition coefficient (Wildman–Crippen LogP) is 1.95. The van der Waals surface area contributed by atoms with Gasteiger partial charge >= 0.3 is 0 Å². The quantitative estimate of drug-likeness (QED) is 0.694. The molecule has 0 aliphatic heterocycles. The Morgan fingerprint density at radius 3 is 2.94 bits per heavy atom. The average Bonchev–Trinajstić information content (AvgIpc) is 2.30. The second-order valence-corrected chi connectivity index (χ2v) is 3.88. The van der Waals surface area contributed by atoms with Gasteiger partial charge in [-0.05, 0) is 31.0 Å². The van der Waals surface area contributed by atoms with E-state index in [1.807, 2.05) is 24.3 Å². The summed E-state index contributed by atoms with van der Waals surface area (Å²) in [6.45, 7) is 5.73. The van der Waals surface area contributed by atoms with Crippen molar-refractivity contribution in [2.45, 2.75) is 32.9 Å². The molecule has 0 radical (unpaired) electrons. The molecule has 0 amide bonds. The number of aliphatic hydroxyl groups is 1. The highest BCUT2D eigenvalue weighted by Crippen LogP contribution is 2.15. The van der Waals surface area contributed by atoms with Crippen LogP contribution < -0.4 is 10.1 Å². The Labute approximate surface area is 97.4 Å². The first-order valence-electron chi connectivity index (χ1n) is 5.83. The molecule has 0 bridgehead atoms. The molecule has 0 spiro atoms. The van der Waals surface area contributed by atoms with E-state index in [1.165, 1.54) is 5.56 Å². The van der Waals surface area contributed by atoms with Gasteiger partial charge in [0.2, 0.25) is 0 Å². The molecule has 0 aliphatic carbocycles. The SMILES string of the molecule is CCC(C)Oc1cccc(CNCCO)c1. The average molecular weight is 223 g/mol. The summed E-state index contributed by atoms with van der Waals surface area (Å²) in [5.74, 6) is 0.914. The van der Waals surface area contributed by atoms with Gasteiger partial charge in [0.15, 0.2) is 0 Å². The fourth-order valence-corrected chi connectivity index (χ4v) is 1.36. The van der Waals surface area contributed by atoms with E-state index in [9.17, 15) is 0 Å². The van der Waals surface area contributed by atoms with Crippen LogP contribution in [-0.2, 0) is 6.54 Å². The topological polar surface area (TPSA) is 41.5 Å². The normalized spacial score (nSPS) is 12.4. The minimum Gasteiger partial charge on any atom is -0.491 e. The molecule has 2 N–H and O–H groups in total. The van der Waals surface area contributed by atoms with Crippen molar-refractivity contribution in [2.75, 3.05) is 13.2 Å². The number of ether oxygens (including phenoxy) is 1. The second-order valence-electron chi connectivity index (χ2n) is 3.88. The summed E-state index contributed by atoms with van der Waals surface area (Å²) < 4.78 is 5.73. The Morgan fingerprint density at radius 1 is 1.44 bits per heavy atom. The molecule has 1 aromatic carbocycles. The molecule has 0 heterocycles. The van der Waals surface area contributed by atoms with E-state index in [4.69, 9.17) is 9.84 Å². The van der Waals surface area contributed by atoms with Crippen molar-refractivity contribution in [3.05, 3.63) is 29.8 Å². The molecule has 1 aromatic rings. The smallest absolute Gasteiger partial charge is 0.120 e. The number of hydrogen-bond acceptors (Lipinski definition) is 3. The van der Waals surface area contributed by atoms with Crippen molar-refractivity contribution < 1.29 is 9.84 Å². The minimum absolute atomic E-state index is 0.170. The maximum Gasteiger partial charge on any atom is 0.120 e. The molecule has 1 unspecified atom stereocenters. The molecule has 3 nitrogen and oxygen atoms in total. The van der Waals surface area contributed by atoms with Gasteiger partial charge in [0.1, 0.15) is 5.75 Å². The lowest BCUT2D eigenvalue weighted by molar-refractivity contribution is 0.217. The zero-order valence-electron chi connectivity index (χ0n) is 10.1. The lowest BCUT2D eigenvalue weighted by atomic mass is 10.2. The lowest BCUT2D eigenvalue weighted by Crippen LogP contribution is -2.17. The summed E-state index contributed by atoms with van der Waals surface area (Å²) in [5, 5.41) is 11.8. The van der Waals surface area contributed by atoms with Crippen LogP contribution in [0.25, 0.3) is 0 Å². The third kappa shape index (κ3) is 4.64. The Morgan fingerprint density at radius 2 is 2.25 bits per heavy atom. The zero-order valence-corrected chi connectivity index (χ0v) is 10.1. The molecule has 0 aromatic heterocycles. The van der Waals surface area contributed by atoms with Crippen molar-refractivity contribution in [1.29, 1.82) is 0 Å². The minimum atomic E-state index is 0.170. The Kier molecular flexibility index (Phi) is 5.90. The van der Waals surface area contributed by atoms with Gasteiger partial charge in [-0.1, -0.05) is 19.1 Å². The van der Waals surface area contributed by atoms with Crippen molar-refractivity contribution in [2.24, 2.45) is 0 Å². The van der Waals surface area contributed by atoms with Crippen LogP contribution in [0.1, 0.15) is 25.8 Å². The molecule has 1 rings (SSSR count). The highest BCUT2D eigenvalue weighted by molar-refractivity contribution is 5.28. The summed E-state index contributed by atoms with van der Waals surface area (Å²) in [5.41, 5.74) is 1.18. The van der Waals surface area contributed by atoms with E-state index in [2.05, 4.69) is 19.2 Å². The number of aliphatic hydroxyl groups excluding tert-OH is 1. The van der Waals surface area contributed by atoms with E-state index >= 15 is 0 Å². The molecular weight excluding hydrogens is 202 g/mol. The number of rotatable bonds is 7. The van der Waals surface area contributed by atoms with Gasteiger partial charge in [0.25, 0.3) is 0 Å². The number of benzene rings is 1. The first kappa shape index (κ1) is 13.0. The van der Waals surface area contributed by atoms with Crippen molar-refractivity contribution >= 4 is 0 Å². The van der Waals surface area contributed by atoms with Crippen molar-refractivity contribution in [3.63, 3.8) is 0 Å². The summed E-state index contributed by atoms with van der Waals surface area (Å²) in [7, 11) is 0. The monoisotopic (exact) mass is 223 g/mol. The molecule has 3 heteroatoms. The predicted molar refractivity (Wildman–Crippen MR) is 65.6 cm³/mol. The molecule has 0 aliphatic rings. The fourth-order valence-electron chi connectivity index (χ4n) is 1.36. The van der Waals surface area contributed by atoms with Gasteiger partial charge in [-0.25, -0.2) is 0 Å². The van der Waals surface area contributed by atoms with Crippen LogP contribution in [0.15, 0.2) is 24.3 Å². The van der Waals surface area contributed by atoms with E-state index in [0.29, 0.717) is 6.54 Å².